The zero-order valence-corrected chi connectivity index (χ0v) is 26.2. The van der Waals surface area contributed by atoms with Gasteiger partial charge in [-0.25, -0.2) is 0 Å². The topological polar surface area (TPSA) is 23.8 Å². The van der Waals surface area contributed by atoms with Crippen molar-refractivity contribution in [2.24, 2.45) is 0 Å². The van der Waals surface area contributed by atoms with E-state index >= 15 is 0 Å². The van der Waals surface area contributed by atoms with Crippen molar-refractivity contribution >= 4 is 10.8 Å². The molecule has 8 aromatic carbocycles. The van der Waals surface area contributed by atoms with E-state index in [0.717, 1.165) is 16.7 Å². The Hall–Kier alpha value is -6.49. The average Bonchev–Trinajstić information content (AvgIpc) is 3.50. The first-order valence-electron chi connectivity index (χ1n) is 16.3. The lowest BCUT2D eigenvalue weighted by molar-refractivity contribution is 1.48. The molecule has 0 radical (unpaired) electrons. The SMILES string of the molecule is N#Cc1ccc(-c2cccc(-c3c(-c4ccccc4)c(-c4ccccc4)c(-c4ccccc4)c4c3-c3cccc5cccc-4c35)c2)cc1. The predicted molar refractivity (Wildman–Crippen MR) is 200 cm³/mol. The second-order valence-electron chi connectivity index (χ2n) is 12.3. The highest BCUT2D eigenvalue weighted by Gasteiger charge is 2.33. The fourth-order valence-corrected chi connectivity index (χ4v) is 7.61. The summed E-state index contributed by atoms with van der Waals surface area (Å²) in [5, 5.41) is 12.0. The molecule has 0 bridgehead atoms. The Balaban J connectivity index is 1.50. The van der Waals surface area contributed by atoms with Crippen LogP contribution in [0.3, 0.4) is 0 Å². The molecule has 9 rings (SSSR count). The average molecular weight is 608 g/mol. The lowest BCUT2D eigenvalue weighted by Crippen LogP contribution is -1.99. The van der Waals surface area contributed by atoms with Crippen molar-refractivity contribution in [3.63, 3.8) is 0 Å². The van der Waals surface area contributed by atoms with E-state index in [4.69, 9.17) is 0 Å². The lowest BCUT2D eigenvalue weighted by Gasteiger charge is -2.26. The number of nitrogens with zero attached hydrogens (tertiary/aromatic N) is 1. The molecule has 0 fully saturated rings. The summed E-state index contributed by atoms with van der Waals surface area (Å²) >= 11 is 0. The first kappa shape index (κ1) is 27.8. The van der Waals surface area contributed by atoms with E-state index in [9.17, 15) is 5.26 Å². The monoisotopic (exact) mass is 607 g/mol. The fourth-order valence-electron chi connectivity index (χ4n) is 7.61. The van der Waals surface area contributed by atoms with Gasteiger partial charge in [-0.3, -0.25) is 0 Å². The van der Waals surface area contributed by atoms with Crippen LogP contribution >= 0.6 is 0 Å². The molecule has 0 amide bonds. The smallest absolute Gasteiger partial charge is 0.0991 e. The van der Waals surface area contributed by atoms with Gasteiger partial charge in [0.05, 0.1) is 11.6 Å². The molecule has 1 nitrogen and oxygen atoms in total. The first-order valence-corrected chi connectivity index (χ1v) is 16.3. The van der Waals surface area contributed by atoms with E-state index in [1.165, 1.54) is 72.0 Å². The number of fused-ring (bicyclic) bond motifs is 3. The molecule has 48 heavy (non-hydrogen) atoms. The van der Waals surface area contributed by atoms with E-state index in [1.54, 1.807) is 0 Å². The third-order valence-corrected chi connectivity index (χ3v) is 9.63. The molecule has 1 heteroatoms. The van der Waals surface area contributed by atoms with Gasteiger partial charge in [0.25, 0.3) is 0 Å². The van der Waals surface area contributed by atoms with Crippen LogP contribution in [0.2, 0.25) is 0 Å². The van der Waals surface area contributed by atoms with Gasteiger partial charge in [0.15, 0.2) is 0 Å². The molecule has 0 N–H and O–H groups in total. The quantitative estimate of drug-likeness (QED) is 0.191. The molecule has 0 aliphatic heterocycles. The van der Waals surface area contributed by atoms with Crippen molar-refractivity contribution in [1.29, 1.82) is 5.26 Å². The van der Waals surface area contributed by atoms with E-state index < -0.39 is 0 Å². The van der Waals surface area contributed by atoms with E-state index in [2.05, 4.69) is 158 Å². The van der Waals surface area contributed by atoms with Gasteiger partial charge < -0.3 is 0 Å². The van der Waals surface area contributed by atoms with Crippen molar-refractivity contribution in [3.8, 4) is 84.0 Å². The van der Waals surface area contributed by atoms with Crippen LogP contribution in [0, 0.1) is 11.3 Å². The number of benzene rings is 8. The first-order chi connectivity index (χ1) is 23.8. The highest BCUT2D eigenvalue weighted by Crippen LogP contribution is 2.60. The molecule has 1 aliphatic rings. The van der Waals surface area contributed by atoms with Crippen LogP contribution in [0.25, 0.3) is 88.7 Å². The Labute approximate surface area is 280 Å². The highest BCUT2D eigenvalue weighted by molar-refractivity contribution is 6.25. The molecule has 0 spiro atoms. The van der Waals surface area contributed by atoms with E-state index in [0.29, 0.717) is 5.56 Å². The standard InChI is InChI=1S/C47H29N/c48-30-31-25-27-32(28-26-31)37-21-10-22-38(29-37)45-43(35-15-6-2-7-16-35)42(34-13-4-1-5-14-34)44(36-17-8-3-9-18-36)46-39-23-11-19-33-20-12-24-40(41(33)39)47(45)46/h1-29H. The van der Waals surface area contributed by atoms with Crippen molar-refractivity contribution in [2.75, 3.05) is 0 Å². The predicted octanol–water partition coefficient (Wildman–Crippen LogP) is 12.7. The Morgan fingerprint density at radius 2 is 0.729 bits per heavy atom. The molecule has 8 aromatic rings. The summed E-state index contributed by atoms with van der Waals surface area (Å²) in [5.74, 6) is 0. The van der Waals surface area contributed by atoms with E-state index in [1.807, 2.05) is 24.3 Å². The van der Waals surface area contributed by atoms with Gasteiger partial charge >= 0.3 is 0 Å². The minimum absolute atomic E-state index is 0.661. The zero-order chi connectivity index (χ0) is 32.0. The maximum atomic E-state index is 9.43. The van der Waals surface area contributed by atoms with Crippen LogP contribution in [0.4, 0.5) is 0 Å². The molecule has 0 aromatic heterocycles. The van der Waals surface area contributed by atoms with Crippen LogP contribution in [0.5, 0.6) is 0 Å². The Morgan fingerprint density at radius 3 is 1.23 bits per heavy atom. The van der Waals surface area contributed by atoms with Gasteiger partial charge in [-0.05, 0) is 107 Å². The largest absolute Gasteiger partial charge is 0.192 e. The Bertz CT molecular complexity index is 2520. The van der Waals surface area contributed by atoms with E-state index in [-0.39, 0.29) is 0 Å². The minimum atomic E-state index is 0.661. The second-order valence-corrected chi connectivity index (χ2v) is 12.3. The summed E-state index contributed by atoms with van der Waals surface area (Å²) in [4.78, 5) is 0. The van der Waals surface area contributed by atoms with Crippen LogP contribution in [-0.2, 0) is 0 Å². The molecule has 0 heterocycles. The summed E-state index contributed by atoms with van der Waals surface area (Å²) in [6, 6.07) is 65.2. The van der Waals surface area contributed by atoms with Gasteiger partial charge in [0, 0.05) is 0 Å². The fraction of sp³-hybridized carbons (Fsp3) is 0. The lowest BCUT2D eigenvalue weighted by atomic mass is 9.76. The molecular formula is C47H29N. The van der Waals surface area contributed by atoms with Crippen LogP contribution in [-0.4, -0.2) is 0 Å². The summed E-state index contributed by atoms with van der Waals surface area (Å²) in [5.41, 5.74) is 17.6. The van der Waals surface area contributed by atoms with Crippen LogP contribution < -0.4 is 0 Å². The minimum Gasteiger partial charge on any atom is -0.192 e. The van der Waals surface area contributed by atoms with Gasteiger partial charge in [0.1, 0.15) is 0 Å². The number of rotatable bonds is 5. The molecule has 0 saturated heterocycles. The zero-order valence-electron chi connectivity index (χ0n) is 26.2. The summed E-state index contributed by atoms with van der Waals surface area (Å²) in [6.45, 7) is 0. The highest BCUT2D eigenvalue weighted by atomic mass is 14.4. The normalized spacial score (nSPS) is 11.3. The van der Waals surface area contributed by atoms with Crippen molar-refractivity contribution < 1.29 is 0 Å². The Morgan fingerprint density at radius 1 is 0.312 bits per heavy atom. The van der Waals surface area contributed by atoms with Gasteiger partial charge in [-0.1, -0.05) is 158 Å². The number of hydrogen-bond donors (Lipinski definition) is 0. The van der Waals surface area contributed by atoms with Gasteiger partial charge in [0.2, 0.25) is 0 Å². The third kappa shape index (κ3) is 4.39. The molecule has 0 unspecified atom stereocenters. The van der Waals surface area contributed by atoms with Gasteiger partial charge in [-0.2, -0.15) is 5.26 Å². The van der Waals surface area contributed by atoms with Crippen molar-refractivity contribution in [3.05, 3.63) is 181 Å². The Kier molecular flexibility index (Phi) is 6.59. The van der Waals surface area contributed by atoms with Crippen molar-refractivity contribution in [1.82, 2.24) is 0 Å². The second kappa shape index (κ2) is 11.4. The van der Waals surface area contributed by atoms with Gasteiger partial charge in [-0.15, -0.1) is 0 Å². The molecule has 1 aliphatic carbocycles. The number of nitriles is 1. The van der Waals surface area contributed by atoms with Crippen LogP contribution in [0.1, 0.15) is 5.56 Å². The molecular weight excluding hydrogens is 579 g/mol. The third-order valence-electron chi connectivity index (χ3n) is 9.63. The maximum absolute atomic E-state index is 9.43. The molecule has 0 saturated carbocycles. The summed E-state index contributed by atoms with van der Waals surface area (Å²) < 4.78 is 0. The maximum Gasteiger partial charge on any atom is 0.0991 e. The number of hydrogen-bond acceptors (Lipinski definition) is 1. The summed E-state index contributed by atoms with van der Waals surface area (Å²) in [6.07, 6.45) is 0. The van der Waals surface area contributed by atoms with Crippen molar-refractivity contribution in [2.45, 2.75) is 0 Å². The summed E-state index contributed by atoms with van der Waals surface area (Å²) in [7, 11) is 0. The molecule has 222 valence electrons. The van der Waals surface area contributed by atoms with Crippen LogP contribution in [0.15, 0.2) is 176 Å². The molecule has 0 atom stereocenters.